The number of hydrogen-bond acceptors (Lipinski definition) is 2. The second-order valence-corrected chi connectivity index (χ2v) is 8.46. The number of piperidine rings is 1. The van der Waals surface area contributed by atoms with Gasteiger partial charge in [-0.05, 0) is 56.2 Å². The van der Waals surface area contributed by atoms with E-state index >= 15 is 0 Å². The summed E-state index contributed by atoms with van der Waals surface area (Å²) in [4.78, 5) is 29.5. The zero-order chi connectivity index (χ0) is 20.1. The van der Waals surface area contributed by atoms with Gasteiger partial charge in [0, 0.05) is 37.1 Å². The Balaban J connectivity index is 1.60. The maximum atomic E-state index is 13.1. The number of carbonyl (C=O) groups excluding carboxylic acids is 2. The van der Waals surface area contributed by atoms with E-state index in [-0.39, 0.29) is 23.4 Å². The fourth-order valence-electron chi connectivity index (χ4n) is 4.46. The number of benzene rings is 1. The van der Waals surface area contributed by atoms with Crippen molar-refractivity contribution < 1.29 is 9.59 Å². The van der Waals surface area contributed by atoms with Crippen LogP contribution >= 0.6 is 11.6 Å². The summed E-state index contributed by atoms with van der Waals surface area (Å²) >= 11 is 6.04. The average Bonchev–Trinajstić information content (AvgIpc) is 3.27. The second-order valence-electron chi connectivity index (χ2n) is 8.02. The van der Waals surface area contributed by atoms with Crippen molar-refractivity contribution >= 4 is 23.5 Å². The first kappa shape index (κ1) is 21.0. The van der Waals surface area contributed by atoms with E-state index in [0.717, 1.165) is 57.2 Å². The van der Waals surface area contributed by atoms with Crippen molar-refractivity contribution in [1.29, 1.82) is 0 Å². The lowest BCUT2D eigenvalue weighted by Crippen LogP contribution is -2.51. The standard InChI is InChI=1S/C22H32ClN3O2/c1-3-22(4-2,18-7-9-19(23)10-8-18)24-20(27)17-11-15-26(16-12-17)21(28)25-13-5-6-14-25/h7-10,17H,3-6,11-16H2,1-2H3,(H,24,27). The average molecular weight is 406 g/mol. The zero-order valence-electron chi connectivity index (χ0n) is 17.0. The van der Waals surface area contributed by atoms with Crippen molar-refractivity contribution in [3.63, 3.8) is 0 Å². The van der Waals surface area contributed by atoms with Gasteiger partial charge in [0.2, 0.25) is 5.91 Å². The molecule has 154 valence electrons. The lowest BCUT2D eigenvalue weighted by Gasteiger charge is -2.38. The maximum Gasteiger partial charge on any atom is 0.319 e. The van der Waals surface area contributed by atoms with Crippen LogP contribution in [0.25, 0.3) is 0 Å². The number of rotatable bonds is 5. The van der Waals surface area contributed by atoms with Gasteiger partial charge in [0.15, 0.2) is 0 Å². The van der Waals surface area contributed by atoms with Crippen LogP contribution in [0.2, 0.25) is 5.02 Å². The number of hydrogen-bond donors (Lipinski definition) is 1. The van der Waals surface area contributed by atoms with Gasteiger partial charge in [-0.2, -0.15) is 0 Å². The van der Waals surface area contributed by atoms with E-state index in [4.69, 9.17) is 11.6 Å². The molecule has 2 heterocycles. The van der Waals surface area contributed by atoms with Gasteiger partial charge in [0.25, 0.3) is 0 Å². The molecule has 0 aliphatic carbocycles. The Hall–Kier alpha value is -1.75. The van der Waals surface area contributed by atoms with Gasteiger partial charge in [-0.15, -0.1) is 0 Å². The fraction of sp³-hybridized carbons (Fsp3) is 0.636. The Bertz CT molecular complexity index is 674. The molecule has 1 aromatic carbocycles. The largest absolute Gasteiger partial charge is 0.346 e. The highest BCUT2D eigenvalue weighted by Gasteiger charge is 2.35. The number of amides is 3. The molecule has 0 radical (unpaired) electrons. The molecule has 1 aromatic rings. The molecule has 0 aromatic heterocycles. The van der Waals surface area contributed by atoms with Crippen LogP contribution < -0.4 is 5.32 Å². The van der Waals surface area contributed by atoms with Gasteiger partial charge in [-0.25, -0.2) is 4.79 Å². The van der Waals surface area contributed by atoms with Gasteiger partial charge in [0.1, 0.15) is 0 Å². The van der Waals surface area contributed by atoms with Crippen molar-refractivity contribution in [3.8, 4) is 0 Å². The fourth-order valence-corrected chi connectivity index (χ4v) is 4.58. The number of urea groups is 1. The molecule has 28 heavy (non-hydrogen) atoms. The van der Waals surface area contributed by atoms with E-state index in [0.29, 0.717) is 18.1 Å². The van der Waals surface area contributed by atoms with Gasteiger partial charge in [-0.3, -0.25) is 4.79 Å². The third-order valence-electron chi connectivity index (χ3n) is 6.48. The number of nitrogens with zero attached hydrogens (tertiary/aromatic N) is 2. The summed E-state index contributed by atoms with van der Waals surface area (Å²) in [6.07, 6.45) is 5.31. The quantitative estimate of drug-likeness (QED) is 0.789. The minimum Gasteiger partial charge on any atom is -0.346 e. The topological polar surface area (TPSA) is 52.7 Å². The molecule has 2 saturated heterocycles. The molecular formula is C22H32ClN3O2. The van der Waals surface area contributed by atoms with Crippen molar-refractivity contribution in [2.24, 2.45) is 5.92 Å². The Labute approximate surface area is 173 Å². The summed E-state index contributed by atoms with van der Waals surface area (Å²) in [5.41, 5.74) is 0.723. The van der Waals surface area contributed by atoms with Crippen LogP contribution in [0.4, 0.5) is 4.79 Å². The lowest BCUT2D eigenvalue weighted by atomic mass is 9.83. The predicted octanol–water partition coefficient (Wildman–Crippen LogP) is 4.40. The van der Waals surface area contributed by atoms with Crippen molar-refractivity contribution in [2.45, 2.75) is 57.9 Å². The highest BCUT2D eigenvalue weighted by Crippen LogP contribution is 2.31. The number of nitrogens with one attached hydrogen (secondary N) is 1. The molecule has 1 N–H and O–H groups in total. The first-order valence-electron chi connectivity index (χ1n) is 10.6. The zero-order valence-corrected chi connectivity index (χ0v) is 17.8. The molecule has 3 amide bonds. The second kappa shape index (κ2) is 9.17. The highest BCUT2D eigenvalue weighted by molar-refractivity contribution is 6.30. The molecule has 0 unspecified atom stereocenters. The predicted molar refractivity (Wildman–Crippen MR) is 112 cm³/mol. The molecule has 6 heteroatoms. The summed E-state index contributed by atoms with van der Waals surface area (Å²) in [7, 11) is 0. The number of carbonyl (C=O) groups is 2. The SMILES string of the molecule is CCC(CC)(NC(=O)C1CCN(C(=O)N2CCCC2)CC1)c1ccc(Cl)cc1. The molecule has 2 aliphatic rings. The Kier molecular flexibility index (Phi) is 6.86. The molecule has 2 aliphatic heterocycles. The van der Waals surface area contributed by atoms with E-state index in [2.05, 4.69) is 19.2 Å². The molecule has 0 saturated carbocycles. The van der Waals surface area contributed by atoms with Crippen LogP contribution in [-0.2, 0) is 10.3 Å². The Morgan fingerprint density at radius 2 is 1.54 bits per heavy atom. The third kappa shape index (κ3) is 4.45. The van der Waals surface area contributed by atoms with E-state index in [9.17, 15) is 9.59 Å². The van der Waals surface area contributed by atoms with Crippen LogP contribution in [0.15, 0.2) is 24.3 Å². The minimum absolute atomic E-state index is 0.0348. The first-order chi connectivity index (χ1) is 13.5. The molecule has 2 fully saturated rings. The monoisotopic (exact) mass is 405 g/mol. The van der Waals surface area contributed by atoms with Crippen molar-refractivity contribution in [3.05, 3.63) is 34.9 Å². The van der Waals surface area contributed by atoms with Crippen molar-refractivity contribution in [1.82, 2.24) is 15.1 Å². The Morgan fingerprint density at radius 1 is 1.00 bits per heavy atom. The van der Waals surface area contributed by atoms with E-state index in [1.807, 2.05) is 34.1 Å². The molecular weight excluding hydrogens is 374 g/mol. The molecule has 3 rings (SSSR count). The van der Waals surface area contributed by atoms with Crippen LogP contribution in [-0.4, -0.2) is 47.9 Å². The number of likely N-dealkylation sites (tertiary alicyclic amines) is 2. The van der Waals surface area contributed by atoms with Gasteiger partial charge >= 0.3 is 6.03 Å². The van der Waals surface area contributed by atoms with E-state index in [1.165, 1.54) is 0 Å². The minimum atomic E-state index is -0.371. The normalized spacial score (nSPS) is 18.4. The van der Waals surface area contributed by atoms with Gasteiger partial charge in [0.05, 0.1) is 5.54 Å². The molecule has 0 atom stereocenters. The molecule has 5 nitrogen and oxygen atoms in total. The van der Waals surface area contributed by atoms with Gasteiger partial charge in [-0.1, -0.05) is 37.6 Å². The van der Waals surface area contributed by atoms with E-state index in [1.54, 1.807) is 0 Å². The summed E-state index contributed by atoms with van der Waals surface area (Å²) < 4.78 is 0. The highest BCUT2D eigenvalue weighted by atomic mass is 35.5. The summed E-state index contributed by atoms with van der Waals surface area (Å²) in [5, 5.41) is 4.04. The van der Waals surface area contributed by atoms with Crippen LogP contribution in [0.3, 0.4) is 0 Å². The molecule has 0 spiro atoms. The van der Waals surface area contributed by atoms with E-state index < -0.39 is 0 Å². The van der Waals surface area contributed by atoms with Crippen molar-refractivity contribution in [2.75, 3.05) is 26.2 Å². The maximum absolute atomic E-state index is 13.1. The lowest BCUT2D eigenvalue weighted by molar-refractivity contribution is -0.128. The third-order valence-corrected chi connectivity index (χ3v) is 6.73. The smallest absolute Gasteiger partial charge is 0.319 e. The van der Waals surface area contributed by atoms with Crippen LogP contribution in [0.1, 0.15) is 57.9 Å². The van der Waals surface area contributed by atoms with Gasteiger partial charge < -0.3 is 15.1 Å². The van der Waals surface area contributed by atoms with Crippen LogP contribution in [0.5, 0.6) is 0 Å². The molecule has 0 bridgehead atoms. The first-order valence-corrected chi connectivity index (χ1v) is 11.0. The van der Waals surface area contributed by atoms with Crippen LogP contribution in [0, 0.1) is 5.92 Å². The number of halogens is 1. The summed E-state index contributed by atoms with van der Waals surface area (Å²) in [6.45, 7) is 7.29. The summed E-state index contributed by atoms with van der Waals surface area (Å²) in [5.74, 6) is 0.0688. The summed E-state index contributed by atoms with van der Waals surface area (Å²) in [6, 6.07) is 7.92. The Morgan fingerprint density at radius 3 is 2.07 bits per heavy atom.